The molecule has 0 bridgehead atoms. The standard InChI is InChI=1S/C45H63N3O6S/c1-10-14-16-20-27-43(8,9)37(46-41(52)54-42(5,6)7)39(50)48-31-44(55-28-15-11-2,35-25-23-33(24-26-35)32-21-18-17-19-22-32)30-36(48)38(49)47-45(29-34(45)12-3)40(51)53-13-4/h10,12,17-19,21-26,34,36-37H,1,3,11,13-16,20,27-31H2,2,4-9H3,(H,46,52)(H,47,49)/t34-,36+,37-,44+,45-/m1/s1. The predicted octanol–water partition coefficient (Wildman–Crippen LogP) is 8.97. The fourth-order valence-corrected chi connectivity index (χ4v) is 9.14. The Bertz CT molecular complexity index is 1650. The summed E-state index contributed by atoms with van der Waals surface area (Å²) in [4.78, 5) is 58.4. The van der Waals surface area contributed by atoms with Crippen molar-refractivity contribution in [2.24, 2.45) is 11.3 Å². The summed E-state index contributed by atoms with van der Waals surface area (Å²) in [5, 5.41) is 6.00. The lowest BCUT2D eigenvalue weighted by Crippen LogP contribution is -2.60. The Hall–Kier alpha value is -4.05. The van der Waals surface area contributed by atoms with Crippen LogP contribution in [0, 0.1) is 11.3 Å². The zero-order valence-corrected chi connectivity index (χ0v) is 34.9. The van der Waals surface area contributed by atoms with Gasteiger partial charge in [0, 0.05) is 12.5 Å². The minimum atomic E-state index is -1.24. The number of nitrogens with zero attached hydrogens (tertiary/aromatic N) is 1. The highest BCUT2D eigenvalue weighted by Gasteiger charge is 2.63. The van der Waals surface area contributed by atoms with Gasteiger partial charge in [-0.15, -0.1) is 24.9 Å². The number of unbranched alkanes of at least 4 members (excludes halogenated alkanes) is 3. The smallest absolute Gasteiger partial charge is 0.408 e. The number of allylic oxidation sites excluding steroid dienone is 1. The highest BCUT2D eigenvalue weighted by atomic mass is 32.2. The average Bonchev–Trinajstić information content (AvgIpc) is 3.72. The summed E-state index contributed by atoms with van der Waals surface area (Å²) in [6, 6.07) is 16.6. The van der Waals surface area contributed by atoms with E-state index in [4.69, 9.17) is 9.47 Å². The normalized spacial score (nSPS) is 22.6. The molecular weight excluding hydrogens is 711 g/mol. The molecule has 2 fully saturated rings. The number of carbonyl (C=O) groups is 4. The summed E-state index contributed by atoms with van der Waals surface area (Å²) in [5.74, 6) is -0.752. The van der Waals surface area contributed by atoms with E-state index in [1.54, 1.807) is 50.4 Å². The molecule has 2 N–H and O–H groups in total. The van der Waals surface area contributed by atoms with E-state index in [0.717, 1.165) is 54.5 Å². The number of benzene rings is 2. The third-order valence-electron chi connectivity index (χ3n) is 10.8. The van der Waals surface area contributed by atoms with Gasteiger partial charge in [-0.05, 0) is 94.1 Å². The van der Waals surface area contributed by atoms with Gasteiger partial charge in [0.2, 0.25) is 11.8 Å². The lowest BCUT2D eigenvalue weighted by Gasteiger charge is -2.38. The number of hydrogen-bond acceptors (Lipinski definition) is 7. The molecule has 0 radical (unpaired) electrons. The molecule has 55 heavy (non-hydrogen) atoms. The first-order valence-electron chi connectivity index (χ1n) is 19.9. The van der Waals surface area contributed by atoms with Crippen molar-refractivity contribution >= 4 is 35.6 Å². The molecule has 3 amide bonds. The molecule has 0 unspecified atom stereocenters. The van der Waals surface area contributed by atoms with Crippen molar-refractivity contribution < 1.29 is 28.7 Å². The lowest BCUT2D eigenvalue weighted by molar-refractivity contribution is -0.150. The minimum Gasteiger partial charge on any atom is -0.464 e. The van der Waals surface area contributed by atoms with Crippen LogP contribution in [0.25, 0.3) is 11.1 Å². The Labute approximate surface area is 333 Å². The maximum Gasteiger partial charge on any atom is 0.408 e. The van der Waals surface area contributed by atoms with Gasteiger partial charge in [-0.2, -0.15) is 0 Å². The highest BCUT2D eigenvalue weighted by molar-refractivity contribution is 8.00. The average molecular weight is 774 g/mol. The molecule has 300 valence electrons. The van der Waals surface area contributed by atoms with Crippen LogP contribution in [0.5, 0.6) is 0 Å². The number of hydrogen-bond donors (Lipinski definition) is 2. The van der Waals surface area contributed by atoms with E-state index in [1.165, 1.54) is 0 Å². The molecule has 2 aromatic rings. The van der Waals surface area contributed by atoms with Gasteiger partial charge in [-0.1, -0.05) is 100 Å². The number of ether oxygens (including phenoxy) is 2. The summed E-state index contributed by atoms with van der Waals surface area (Å²) >= 11 is 1.76. The molecule has 0 spiro atoms. The Morgan fingerprint density at radius 1 is 0.945 bits per heavy atom. The first kappa shape index (κ1) is 43.7. The summed E-state index contributed by atoms with van der Waals surface area (Å²) in [7, 11) is 0. The maximum absolute atomic E-state index is 15.3. The SMILES string of the molecule is C=CCCCCC(C)(C)[C@H](NC(=O)OC(C)(C)C)C(=O)N1C[C@](SCCCC)(c2ccc(-c3ccccc3)cc2)C[C@H]1C(=O)N[C@]1(C(=O)OCC)C[C@H]1C=C. The molecule has 1 aliphatic heterocycles. The number of esters is 1. The van der Waals surface area contributed by atoms with E-state index in [1.807, 2.05) is 38.1 Å². The molecule has 10 heteroatoms. The largest absolute Gasteiger partial charge is 0.464 e. The summed E-state index contributed by atoms with van der Waals surface area (Å²) < 4.78 is 10.5. The molecule has 0 aromatic heterocycles. The van der Waals surface area contributed by atoms with Crippen LogP contribution in [0.4, 0.5) is 4.79 Å². The number of alkyl carbamates (subject to hydrolysis) is 1. The van der Waals surface area contributed by atoms with Crippen LogP contribution in [-0.2, 0) is 28.6 Å². The van der Waals surface area contributed by atoms with Crippen molar-refractivity contribution in [1.82, 2.24) is 15.5 Å². The van der Waals surface area contributed by atoms with Gasteiger partial charge in [-0.25, -0.2) is 9.59 Å². The number of amides is 3. The third-order valence-corrected chi connectivity index (χ3v) is 12.3. The van der Waals surface area contributed by atoms with Gasteiger partial charge in [0.05, 0.1) is 11.4 Å². The number of nitrogens with one attached hydrogen (secondary N) is 2. The molecule has 1 aliphatic carbocycles. The quantitative estimate of drug-likeness (QED) is 0.0833. The van der Waals surface area contributed by atoms with Crippen molar-refractivity contribution in [3.63, 3.8) is 0 Å². The van der Waals surface area contributed by atoms with Gasteiger partial charge in [0.25, 0.3) is 0 Å². The van der Waals surface area contributed by atoms with E-state index in [0.29, 0.717) is 19.3 Å². The first-order valence-corrected chi connectivity index (χ1v) is 20.9. The van der Waals surface area contributed by atoms with E-state index >= 15 is 4.79 Å². The van der Waals surface area contributed by atoms with Crippen LogP contribution in [0.3, 0.4) is 0 Å². The van der Waals surface area contributed by atoms with E-state index in [-0.39, 0.29) is 25.0 Å². The van der Waals surface area contributed by atoms with Crippen LogP contribution in [0.15, 0.2) is 79.9 Å². The van der Waals surface area contributed by atoms with Crippen LogP contribution < -0.4 is 10.6 Å². The van der Waals surface area contributed by atoms with Crippen LogP contribution in [0.2, 0.25) is 0 Å². The third kappa shape index (κ3) is 10.8. The van der Waals surface area contributed by atoms with E-state index in [9.17, 15) is 14.4 Å². The number of likely N-dealkylation sites (tertiary alicyclic amines) is 1. The van der Waals surface area contributed by atoms with Crippen molar-refractivity contribution in [2.75, 3.05) is 18.9 Å². The Morgan fingerprint density at radius 3 is 2.20 bits per heavy atom. The highest BCUT2D eigenvalue weighted by Crippen LogP contribution is 2.50. The van der Waals surface area contributed by atoms with Gasteiger partial charge in [-0.3, -0.25) is 9.59 Å². The van der Waals surface area contributed by atoms with Crippen LogP contribution in [0.1, 0.15) is 105 Å². The molecule has 9 nitrogen and oxygen atoms in total. The molecule has 1 heterocycles. The molecule has 5 atom stereocenters. The van der Waals surface area contributed by atoms with Gasteiger partial charge < -0.3 is 25.0 Å². The van der Waals surface area contributed by atoms with E-state index in [2.05, 4.69) is 67.1 Å². The topological polar surface area (TPSA) is 114 Å². The Morgan fingerprint density at radius 2 is 1.62 bits per heavy atom. The molecular formula is C45H63N3O6S. The van der Waals surface area contributed by atoms with Gasteiger partial charge >= 0.3 is 12.1 Å². The summed E-state index contributed by atoms with van der Waals surface area (Å²) in [6.07, 6.45) is 8.71. The second-order valence-electron chi connectivity index (χ2n) is 16.7. The fraction of sp³-hybridized carbons (Fsp3) is 0.556. The second-order valence-corrected chi connectivity index (χ2v) is 18.1. The molecule has 2 aromatic carbocycles. The van der Waals surface area contributed by atoms with Gasteiger partial charge in [0.1, 0.15) is 23.2 Å². The first-order chi connectivity index (χ1) is 26.1. The van der Waals surface area contributed by atoms with Gasteiger partial charge in [0.15, 0.2) is 0 Å². The van der Waals surface area contributed by atoms with E-state index < -0.39 is 51.4 Å². The predicted molar refractivity (Wildman–Crippen MR) is 222 cm³/mol. The monoisotopic (exact) mass is 773 g/mol. The zero-order chi connectivity index (χ0) is 40.4. The lowest BCUT2D eigenvalue weighted by atomic mass is 9.78. The molecule has 2 aliphatic rings. The second kappa shape index (κ2) is 18.7. The molecule has 1 saturated carbocycles. The van der Waals surface area contributed by atoms with Crippen molar-refractivity contribution in [3.8, 4) is 11.1 Å². The fourth-order valence-electron chi connectivity index (χ4n) is 7.51. The molecule has 4 rings (SSSR count). The number of thioether (sulfide) groups is 1. The zero-order valence-electron chi connectivity index (χ0n) is 34.1. The maximum atomic E-state index is 15.3. The van der Waals surface area contributed by atoms with Crippen molar-refractivity contribution in [3.05, 3.63) is 85.5 Å². The minimum absolute atomic E-state index is 0.171. The van der Waals surface area contributed by atoms with Crippen LogP contribution in [-0.4, -0.2) is 70.9 Å². The van der Waals surface area contributed by atoms with Crippen molar-refractivity contribution in [2.45, 2.75) is 128 Å². The molecule has 1 saturated heterocycles. The van der Waals surface area contributed by atoms with Crippen molar-refractivity contribution in [1.29, 1.82) is 0 Å². The summed E-state index contributed by atoms with van der Waals surface area (Å²) in [6.45, 7) is 21.3. The summed E-state index contributed by atoms with van der Waals surface area (Å²) in [5.41, 5.74) is 0.451. The van der Waals surface area contributed by atoms with Crippen LogP contribution >= 0.6 is 11.8 Å². The Balaban J connectivity index is 1.80. The Kier molecular flexibility index (Phi) is 14.9. The number of rotatable bonds is 19. The number of carbonyl (C=O) groups excluding carboxylic acids is 4.